The molecule has 0 heterocycles. The van der Waals surface area contributed by atoms with Gasteiger partial charge in [-0.3, -0.25) is 4.90 Å². The second-order valence-corrected chi connectivity index (χ2v) is 15.7. The van der Waals surface area contributed by atoms with Crippen LogP contribution >= 0.6 is 0 Å². The second kappa shape index (κ2) is 13.2. The van der Waals surface area contributed by atoms with Crippen LogP contribution < -0.4 is 0 Å². The molecule has 0 spiro atoms. The highest BCUT2D eigenvalue weighted by molar-refractivity contribution is 4.97. The van der Waals surface area contributed by atoms with Gasteiger partial charge in [-0.15, -0.1) is 0 Å². The summed E-state index contributed by atoms with van der Waals surface area (Å²) in [6.45, 7) is 7.61. The van der Waals surface area contributed by atoms with E-state index in [4.69, 9.17) is 0 Å². The zero-order valence-electron chi connectivity index (χ0n) is 25.5. The minimum Gasteiger partial charge on any atom is -0.393 e. The Morgan fingerprint density at radius 1 is 0.500 bits per heavy atom. The molecule has 0 radical (unpaired) electrons. The molecule has 220 valence electrons. The Morgan fingerprint density at radius 2 is 0.842 bits per heavy atom. The largest absolute Gasteiger partial charge is 0.393 e. The summed E-state index contributed by atoms with van der Waals surface area (Å²) in [6.07, 6.45) is 27.6. The van der Waals surface area contributed by atoms with Crippen molar-refractivity contribution in [2.24, 2.45) is 35.0 Å². The molecule has 0 bridgehead atoms. The van der Waals surface area contributed by atoms with Crippen LogP contribution in [-0.4, -0.2) is 45.4 Å². The molecule has 0 atom stereocenters. The summed E-state index contributed by atoms with van der Waals surface area (Å²) in [5, 5.41) is 20.5. The molecule has 0 saturated heterocycles. The highest BCUT2D eigenvalue weighted by atomic mass is 16.3. The lowest BCUT2D eigenvalue weighted by Crippen LogP contribution is -2.52. The van der Waals surface area contributed by atoms with Crippen LogP contribution in [0.2, 0.25) is 0 Å². The van der Waals surface area contributed by atoms with Gasteiger partial charge >= 0.3 is 0 Å². The zero-order valence-corrected chi connectivity index (χ0v) is 25.5. The maximum Gasteiger partial charge on any atom is 0.0540 e. The first-order valence-corrected chi connectivity index (χ1v) is 17.4. The van der Waals surface area contributed by atoms with Gasteiger partial charge in [-0.1, -0.05) is 20.8 Å². The van der Waals surface area contributed by atoms with E-state index in [-0.39, 0.29) is 12.2 Å². The Kier molecular flexibility index (Phi) is 10.2. The molecule has 3 nitrogen and oxygen atoms in total. The molecule has 3 heteroatoms. The molecule has 0 aromatic heterocycles. The fourth-order valence-electron chi connectivity index (χ4n) is 10.4. The maximum absolute atomic E-state index is 10.2. The predicted octanol–water partition coefficient (Wildman–Crippen LogP) is 8.50. The molecule has 5 rings (SSSR count). The molecule has 0 amide bonds. The van der Waals surface area contributed by atoms with Gasteiger partial charge in [0.05, 0.1) is 12.2 Å². The number of aliphatic hydroxyl groups excluding tert-OH is 2. The van der Waals surface area contributed by atoms with Crippen LogP contribution in [0.3, 0.4) is 0 Å². The maximum atomic E-state index is 10.2. The number of hydrogen-bond acceptors (Lipinski definition) is 3. The Labute approximate surface area is 235 Å². The number of hydrogen-bond donors (Lipinski definition) is 2. The fraction of sp³-hybridized carbons (Fsp3) is 1.00. The van der Waals surface area contributed by atoms with Gasteiger partial charge in [0.2, 0.25) is 0 Å². The monoisotopic (exact) mass is 529 g/mol. The van der Waals surface area contributed by atoms with Crippen LogP contribution in [0.5, 0.6) is 0 Å². The first kappa shape index (κ1) is 29.4. The summed E-state index contributed by atoms with van der Waals surface area (Å²) < 4.78 is 0. The van der Waals surface area contributed by atoms with E-state index in [0.29, 0.717) is 5.41 Å². The van der Waals surface area contributed by atoms with Crippen molar-refractivity contribution >= 4 is 0 Å². The molecule has 0 aromatic rings. The summed E-state index contributed by atoms with van der Waals surface area (Å²) in [5.74, 6) is 4.31. The minimum atomic E-state index is -0.0596. The molecule has 38 heavy (non-hydrogen) atoms. The van der Waals surface area contributed by atoms with E-state index in [0.717, 1.165) is 73.4 Å². The average Bonchev–Trinajstić information content (AvgIpc) is 2.92. The van der Waals surface area contributed by atoms with Crippen molar-refractivity contribution in [1.82, 2.24) is 4.90 Å². The zero-order chi connectivity index (χ0) is 26.7. The number of aliphatic hydroxyl groups is 2. The lowest BCUT2D eigenvalue weighted by atomic mass is 9.56. The van der Waals surface area contributed by atoms with Crippen molar-refractivity contribution in [3.8, 4) is 0 Å². The third-order valence-corrected chi connectivity index (χ3v) is 13.0. The van der Waals surface area contributed by atoms with E-state index in [1.54, 1.807) is 0 Å². The summed E-state index contributed by atoms with van der Waals surface area (Å²) in [7, 11) is 0. The quantitative estimate of drug-likeness (QED) is 0.347. The molecule has 0 aliphatic heterocycles. The van der Waals surface area contributed by atoms with E-state index >= 15 is 0 Å². The van der Waals surface area contributed by atoms with E-state index < -0.39 is 0 Å². The Balaban J connectivity index is 1.23. The summed E-state index contributed by atoms with van der Waals surface area (Å²) in [5.41, 5.74) is 0.399. The summed E-state index contributed by atoms with van der Waals surface area (Å²) >= 11 is 0. The van der Waals surface area contributed by atoms with Gasteiger partial charge in [0.15, 0.2) is 0 Å². The van der Waals surface area contributed by atoms with E-state index in [1.807, 2.05) is 0 Å². The molecule has 5 fully saturated rings. The topological polar surface area (TPSA) is 43.7 Å². The van der Waals surface area contributed by atoms with Gasteiger partial charge in [0, 0.05) is 18.1 Å². The van der Waals surface area contributed by atoms with Crippen molar-refractivity contribution in [3.05, 3.63) is 0 Å². The van der Waals surface area contributed by atoms with Gasteiger partial charge in [-0.05, 0) is 170 Å². The predicted molar refractivity (Wildman–Crippen MR) is 159 cm³/mol. The average molecular weight is 530 g/mol. The third-order valence-electron chi connectivity index (χ3n) is 13.0. The van der Waals surface area contributed by atoms with Crippen LogP contribution in [0.25, 0.3) is 0 Å². The van der Waals surface area contributed by atoms with Gasteiger partial charge < -0.3 is 10.2 Å². The van der Waals surface area contributed by atoms with Crippen molar-refractivity contribution < 1.29 is 10.2 Å². The van der Waals surface area contributed by atoms with Gasteiger partial charge in [0.1, 0.15) is 0 Å². The fourth-order valence-corrected chi connectivity index (χ4v) is 10.4. The van der Waals surface area contributed by atoms with Crippen molar-refractivity contribution in [3.63, 3.8) is 0 Å². The first-order chi connectivity index (χ1) is 18.3. The van der Waals surface area contributed by atoms with E-state index in [9.17, 15) is 10.2 Å². The molecule has 0 unspecified atom stereocenters. The standard InChI is InChI=1S/C35H63NO2/c1-25-4-14-30(15-5-25)36(31-16-6-26(2)7-17-31)32-18-8-27(9-19-32)24-35(3,28-10-20-33(37)21-11-28)29-12-22-34(38)23-13-29/h25-34,37-38H,4-24H2,1-3H3. The van der Waals surface area contributed by atoms with Crippen molar-refractivity contribution in [2.45, 2.75) is 186 Å². The Bertz CT molecular complexity index is 641. The van der Waals surface area contributed by atoms with Gasteiger partial charge in [0.25, 0.3) is 0 Å². The molecule has 5 aliphatic carbocycles. The van der Waals surface area contributed by atoms with Gasteiger partial charge in [-0.25, -0.2) is 0 Å². The summed E-state index contributed by atoms with van der Waals surface area (Å²) in [6, 6.07) is 2.56. The third kappa shape index (κ3) is 7.02. The van der Waals surface area contributed by atoms with Crippen LogP contribution in [0.1, 0.15) is 156 Å². The summed E-state index contributed by atoms with van der Waals surface area (Å²) in [4.78, 5) is 3.15. The molecular weight excluding hydrogens is 466 g/mol. The number of rotatable bonds is 7. The minimum absolute atomic E-state index is 0.0596. The SMILES string of the molecule is CC1CCC(N(C2CCC(C)CC2)C2CCC(CC(C)(C3CCC(O)CC3)C3CCC(O)CC3)CC2)CC1. The molecule has 5 saturated carbocycles. The molecule has 0 aromatic carbocycles. The Hall–Kier alpha value is -0.120. The van der Waals surface area contributed by atoms with Crippen LogP contribution in [0, 0.1) is 35.0 Å². The van der Waals surface area contributed by atoms with Gasteiger partial charge in [-0.2, -0.15) is 0 Å². The molecule has 5 aliphatic rings. The first-order valence-electron chi connectivity index (χ1n) is 17.4. The van der Waals surface area contributed by atoms with Crippen LogP contribution in [-0.2, 0) is 0 Å². The van der Waals surface area contributed by atoms with Crippen LogP contribution in [0.4, 0.5) is 0 Å². The lowest BCUT2D eigenvalue weighted by molar-refractivity contribution is -0.0351. The van der Waals surface area contributed by atoms with Crippen molar-refractivity contribution in [2.75, 3.05) is 0 Å². The highest BCUT2D eigenvalue weighted by Crippen LogP contribution is 2.54. The highest BCUT2D eigenvalue weighted by Gasteiger charge is 2.46. The Morgan fingerprint density at radius 3 is 1.21 bits per heavy atom. The lowest BCUT2D eigenvalue weighted by Gasteiger charge is -2.52. The van der Waals surface area contributed by atoms with Crippen molar-refractivity contribution in [1.29, 1.82) is 0 Å². The smallest absolute Gasteiger partial charge is 0.0540 e. The second-order valence-electron chi connectivity index (χ2n) is 15.7. The number of nitrogens with zero attached hydrogens (tertiary/aromatic N) is 1. The van der Waals surface area contributed by atoms with Crippen LogP contribution in [0.15, 0.2) is 0 Å². The van der Waals surface area contributed by atoms with E-state index in [1.165, 1.54) is 109 Å². The molecule has 2 N–H and O–H groups in total. The molecular formula is C35H63NO2. The van der Waals surface area contributed by atoms with E-state index in [2.05, 4.69) is 25.7 Å². The normalized spacial score (nSPS) is 45.0.